The van der Waals surface area contributed by atoms with Crippen molar-refractivity contribution in [3.8, 4) is 69.6 Å². The van der Waals surface area contributed by atoms with Crippen LogP contribution in [0.2, 0.25) is 19.6 Å². The van der Waals surface area contributed by atoms with Gasteiger partial charge in [-0.3, -0.25) is 0 Å². The average Bonchev–Trinajstić information content (AvgIpc) is 0.815. The molecule has 6 nitrogen and oxygen atoms in total. The molecule has 0 fully saturated rings. The Hall–Kier alpha value is -4.64. The molecule has 0 atom stereocenters. The summed E-state index contributed by atoms with van der Waals surface area (Å²) in [5.41, 5.74) is 7.79. The van der Waals surface area contributed by atoms with Crippen LogP contribution in [0.5, 0.6) is 34.5 Å². The van der Waals surface area contributed by atoms with Crippen LogP contribution < -0.4 is 28.4 Å². The molecule has 0 N–H and O–H groups in total. The minimum absolute atomic E-state index is 0.598. The van der Waals surface area contributed by atoms with E-state index >= 15 is 0 Å². The van der Waals surface area contributed by atoms with Crippen molar-refractivity contribution >= 4 is 8.07 Å². The summed E-state index contributed by atoms with van der Waals surface area (Å²) in [5.74, 6) is 23.1. The van der Waals surface area contributed by atoms with Gasteiger partial charge in [0.2, 0.25) is 0 Å². The highest BCUT2D eigenvalue weighted by atomic mass is 28.3. The van der Waals surface area contributed by atoms with Gasteiger partial charge in [0, 0.05) is 24.3 Å². The number of rotatable bonds is 72. The fourth-order valence-corrected chi connectivity index (χ4v) is 14.5. The number of hydrogen-bond donors (Lipinski definition) is 0. The Morgan fingerprint density at radius 2 is 0.377 bits per heavy atom. The molecule has 0 amide bonds. The molecule has 0 saturated heterocycles. The van der Waals surface area contributed by atoms with E-state index in [1.165, 1.54) is 321 Å². The smallest absolute Gasteiger partial charge is 0.136 e. The summed E-state index contributed by atoms with van der Waals surface area (Å²) in [4.78, 5) is 0. The lowest BCUT2D eigenvalue weighted by Gasteiger charge is -2.15. The Kier molecular flexibility index (Phi) is 62.7. The van der Waals surface area contributed by atoms with E-state index in [2.05, 4.69) is 139 Å². The number of benzene rings is 3. The second-order valence-electron chi connectivity index (χ2n) is 32.5. The van der Waals surface area contributed by atoms with Gasteiger partial charge in [-0.15, -0.1) is 5.54 Å². The van der Waals surface area contributed by atoms with Gasteiger partial charge >= 0.3 is 0 Å². The summed E-state index contributed by atoms with van der Waals surface area (Å²) >= 11 is 0. The first kappa shape index (κ1) is 95.6. The van der Waals surface area contributed by atoms with Crippen molar-refractivity contribution in [2.75, 3.05) is 39.6 Å². The van der Waals surface area contributed by atoms with Crippen LogP contribution >= 0.6 is 0 Å². The van der Waals surface area contributed by atoms with E-state index < -0.39 is 8.07 Å². The summed E-state index contributed by atoms with van der Waals surface area (Å²) in [6.45, 7) is 24.6. The third-order valence-electron chi connectivity index (χ3n) is 20.9. The predicted octanol–water partition coefficient (Wildman–Crippen LogP) is 31.5. The van der Waals surface area contributed by atoms with E-state index in [0.29, 0.717) is 39.6 Å². The molecular formula is C99H166O6Si. The van der Waals surface area contributed by atoms with Gasteiger partial charge in [0.25, 0.3) is 0 Å². The molecule has 0 spiro atoms. The second kappa shape index (κ2) is 69.5. The van der Waals surface area contributed by atoms with Crippen LogP contribution in [0.25, 0.3) is 0 Å². The molecule has 0 bridgehead atoms. The van der Waals surface area contributed by atoms with Crippen LogP contribution in [-0.4, -0.2) is 47.7 Å². The number of hydrogen-bond acceptors (Lipinski definition) is 6. The zero-order chi connectivity index (χ0) is 76.0. The third kappa shape index (κ3) is 53.2. The molecule has 7 heteroatoms. The van der Waals surface area contributed by atoms with E-state index in [4.69, 9.17) is 28.4 Å². The van der Waals surface area contributed by atoms with Crippen molar-refractivity contribution in [3.05, 3.63) is 70.3 Å². The van der Waals surface area contributed by atoms with Gasteiger partial charge in [-0.05, 0) is 56.7 Å². The highest BCUT2D eigenvalue weighted by Gasteiger charge is 2.17. The first-order chi connectivity index (χ1) is 52.2. The van der Waals surface area contributed by atoms with Crippen LogP contribution in [-0.2, 0) is 0 Å². The summed E-state index contributed by atoms with van der Waals surface area (Å²) < 4.78 is 40.9. The number of unbranched alkanes of at least 4 members (excludes halogenated alkanes) is 54. The first-order valence-electron chi connectivity index (χ1n) is 46.0. The maximum absolute atomic E-state index is 6.99. The van der Waals surface area contributed by atoms with Crippen LogP contribution in [0.4, 0.5) is 0 Å². The molecule has 0 unspecified atom stereocenters. The van der Waals surface area contributed by atoms with Crippen molar-refractivity contribution in [1.82, 2.24) is 0 Å². The van der Waals surface area contributed by atoms with Gasteiger partial charge in [-0.2, -0.15) is 0 Å². The van der Waals surface area contributed by atoms with E-state index in [1.807, 2.05) is 0 Å². The molecule has 3 aromatic carbocycles. The lowest BCUT2D eigenvalue weighted by molar-refractivity contribution is 0.294. The second-order valence-corrected chi connectivity index (χ2v) is 37.3. The normalized spacial score (nSPS) is 11.3. The molecule has 0 aliphatic carbocycles. The molecule has 3 aromatic rings. The topological polar surface area (TPSA) is 55.4 Å². The highest BCUT2D eigenvalue weighted by Crippen LogP contribution is 2.34. The Morgan fingerprint density at radius 3 is 0.594 bits per heavy atom. The summed E-state index contributed by atoms with van der Waals surface area (Å²) in [6, 6.07) is 14.8. The average molecular weight is 1480 g/mol. The fourth-order valence-electron chi connectivity index (χ4n) is 14.0. The van der Waals surface area contributed by atoms with Crippen molar-refractivity contribution in [2.45, 2.75) is 446 Å². The van der Waals surface area contributed by atoms with E-state index in [-0.39, 0.29) is 0 Å². The lowest BCUT2D eigenvalue weighted by Crippen LogP contribution is -2.16. The first-order valence-corrected chi connectivity index (χ1v) is 49.5. The third-order valence-corrected chi connectivity index (χ3v) is 21.8. The molecule has 0 radical (unpaired) electrons. The van der Waals surface area contributed by atoms with Crippen LogP contribution in [0.15, 0.2) is 42.5 Å². The van der Waals surface area contributed by atoms with Crippen molar-refractivity contribution < 1.29 is 28.4 Å². The maximum Gasteiger partial charge on any atom is 0.136 e. The molecule has 0 aromatic heterocycles. The largest absolute Gasteiger partial charge is 0.494 e. The summed E-state index contributed by atoms with van der Waals surface area (Å²) in [7, 11) is -1.74. The van der Waals surface area contributed by atoms with Gasteiger partial charge in [0.15, 0.2) is 0 Å². The molecule has 0 heterocycles. The van der Waals surface area contributed by atoms with Gasteiger partial charge < -0.3 is 28.4 Å². The summed E-state index contributed by atoms with van der Waals surface area (Å²) in [5, 5.41) is 0. The Morgan fingerprint density at radius 1 is 0.198 bits per heavy atom. The summed E-state index contributed by atoms with van der Waals surface area (Å²) in [6.07, 6.45) is 76.6. The van der Waals surface area contributed by atoms with Crippen LogP contribution in [0.1, 0.15) is 455 Å². The molecule has 0 aliphatic rings. The van der Waals surface area contributed by atoms with Crippen molar-refractivity contribution in [2.24, 2.45) is 0 Å². The van der Waals surface area contributed by atoms with Gasteiger partial charge in [-0.1, -0.05) is 438 Å². The fraction of sp³-hybridized carbons (Fsp3) is 0.758. The van der Waals surface area contributed by atoms with Gasteiger partial charge in [0.1, 0.15) is 42.6 Å². The SMILES string of the molecule is CCCCCCCCCCCCOc1ccc(OCCCCCCCCCCCC)c(C#Cc2cc(OCCCCCCCCCCCC)c(C#Cc3cc(OCCCCCCCCCCCC)c(C#C[Si](C)(C)C)cc3OCCCCCCCCCCCC)cc2OCCCCCCCCCCCC)c1. The quantitative estimate of drug-likeness (QED) is 0.0319. The lowest BCUT2D eigenvalue weighted by atomic mass is 10.1. The van der Waals surface area contributed by atoms with Crippen LogP contribution in [0.3, 0.4) is 0 Å². The predicted molar refractivity (Wildman–Crippen MR) is 466 cm³/mol. The van der Waals surface area contributed by atoms with Gasteiger partial charge in [-0.25, -0.2) is 0 Å². The van der Waals surface area contributed by atoms with Gasteiger partial charge in [0.05, 0.1) is 67.5 Å². The maximum atomic E-state index is 6.99. The Labute approximate surface area is 658 Å². The highest BCUT2D eigenvalue weighted by molar-refractivity contribution is 6.83. The van der Waals surface area contributed by atoms with E-state index in [0.717, 1.165) is 127 Å². The Bertz CT molecular complexity index is 2720. The number of ether oxygens (including phenoxy) is 6. The van der Waals surface area contributed by atoms with Crippen LogP contribution in [0, 0.1) is 35.1 Å². The molecular weight excluding hydrogens is 1310 g/mol. The Balaban J connectivity index is 2.19. The molecule has 0 saturated carbocycles. The molecule has 0 aliphatic heterocycles. The molecule has 602 valence electrons. The zero-order valence-electron chi connectivity index (χ0n) is 71.2. The minimum atomic E-state index is -1.74. The minimum Gasteiger partial charge on any atom is -0.494 e. The molecule has 106 heavy (non-hydrogen) atoms. The van der Waals surface area contributed by atoms with E-state index in [9.17, 15) is 0 Å². The van der Waals surface area contributed by atoms with E-state index in [1.54, 1.807) is 0 Å². The molecule has 3 rings (SSSR count). The zero-order valence-corrected chi connectivity index (χ0v) is 72.2. The van der Waals surface area contributed by atoms with Crippen molar-refractivity contribution in [1.29, 1.82) is 0 Å². The van der Waals surface area contributed by atoms with Crippen molar-refractivity contribution in [3.63, 3.8) is 0 Å². The monoisotopic (exact) mass is 1480 g/mol. The standard InChI is InChI=1S/C99H166O6Si/c1-10-16-22-28-34-40-46-52-58-64-77-100-94-74-75-95(101-78-65-59-53-47-41-35-29-23-17-11-2)89(84-94)70-71-90-85-97(103-80-67-61-55-49-43-37-31-25-19-13-4)91(86-96(90)102-79-66-60-54-48-42-36-30-24-18-12-3)72-73-92-87-99(105-82-69-63-57-51-45-39-33-27-21-15-6)93(76-83-106(7,8)9)88-98(92)104-81-68-62-56-50-44-38-32-26-20-14-5/h74-75,84-88H,10-69,77-82H2,1-9H3.